The fourth-order valence-electron chi connectivity index (χ4n) is 4.94. The van der Waals surface area contributed by atoms with Crippen molar-refractivity contribution in [2.24, 2.45) is 0 Å². The summed E-state index contributed by atoms with van der Waals surface area (Å²) in [5.41, 5.74) is 1.68. The number of piperidine rings is 1. The van der Waals surface area contributed by atoms with Gasteiger partial charge in [0.1, 0.15) is 5.75 Å². The van der Waals surface area contributed by atoms with Crippen molar-refractivity contribution in [2.75, 3.05) is 19.7 Å². The highest BCUT2D eigenvalue weighted by Crippen LogP contribution is 2.44. The lowest BCUT2D eigenvalue weighted by molar-refractivity contribution is -0.190. The number of benzene rings is 2. The van der Waals surface area contributed by atoms with Crippen LogP contribution in [-0.2, 0) is 9.47 Å². The number of ether oxygens (including phenoxy) is 3. The maximum absolute atomic E-state index is 13.1. The van der Waals surface area contributed by atoms with E-state index in [0.717, 1.165) is 31.4 Å². The molecule has 2 saturated heterocycles. The summed E-state index contributed by atoms with van der Waals surface area (Å²) in [5.74, 6) is 0.867. The monoisotopic (exact) mass is 437 g/mol. The third-order valence-electron chi connectivity index (χ3n) is 6.48. The molecule has 0 saturated carbocycles. The number of hydrogen-bond acceptors (Lipinski definition) is 4. The number of hydrogen-bond donors (Lipinski definition) is 0. The molecule has 2 fully saturated rings. The van der Waals surface area contributed by atoms with Crippen LogP contribution in [0.25, 0.3) is 0 Å². The standard InChI is InChI=1S/C27H35NO4/c1-4-30-24-18-25(21-8-6-5-7-9-21)32-27(19-24)14-16-28(17-15-27)26(29)22-10-12-23(13-11-22)31-20(2)3/h5-13,20,24-25H,4,14-19H2,1-3H3. The van der Waals surface area contributed by atoms with Gasteiger partial charge in [-0.2, -0.15) is 0 Å². The van der Waals surface area contributed by atoms with E-state index < -0.39 is 0 Å². The normalized spacial score (nSPS) is 22.8. The molecule has 0 N–H and O–H groups in total. The van der Waals surface area contributed by atoms with Crippen molar-refractivity contribution in [1.82, 2.24) is 4.90 Å². The molecule has 32 heavy (non-hydrogen) atoms. The second kappa shape index (κ2) is 10.1. The first-order chi connectivity index (χ1) is 15.5. The average molecular weight is 438 g/mol. The second-order valence-corrected chi connectivity index (χ2v) is 9.20. The van der Waals surface area contributed by atoms with Gasteiger partial charge in [-0.1, -0.05) is 30.3 Å². The molecule has 2 heterocycles. The van der Waals surface area contributed by atoms with Crippen molar-refractivity contribution < 1.29 is 19.0 Å². The lowest BCUT2D eigenvalue weighted by atomic mass is 9.80. The van der Waals surface area contributed by atoms with Crippen LogP contribution in [0, 0.1) is 0 Å². The Morgan fingerprint density at radius 3 is 2.41 bits per heavy atom. The molecule has 5 nitrogen and oxygen atoms in total. The summed E-state index contributed by atoms with van der Waals surface area (Å²) in [7, 11) is 0. The molecule has 2 aliphatic rings. The molecule has 0 radical (unpaired) electrons. The van der Waals surface area contributed by atoms with Crippen molar-refractivity contribution in [3.63, 3.8) is 0 Å². The van der Waals surface area contributed by atoms with Gasteiger partial charge in [0.15, 0.2) is 0 Å². The zero-order valence-corrected chi connectivity index (χ0v) is 19.5. The first-order valence-electron chi connectivity index (χ1n) is 11.9. The molecule has 5 heteroatoms. The molecular formula is C27H35NO4. The summed E-state index contributed by atoms with van der Waals surface area (Å²) in [6.45, 7) is 8.15. The van der Waals surface area contributed by atoms with Gasteiger partial charge in [-0.25, -0.2) is 0 Å². The van der Waals surface area contributed by atoms with Crippen molar-refractivity contribution in [3.05, 3.63) is 65.7 Å². The van der Waals surface area contributed by atoms with E-state index in [9.17, 15) is 4.79 Å². The zero-order valence-electron chi connectivity index (χ0n) is 19.5. The van der Waals surface area contributed by atoms with Crippen LogP contribution in [-0.4, -0.2) is 48.3 Å². The minimum atomic E-state index is -0.232. The van der Waals surface area contributed by atoms with E-state index >= 15 is 0 Å². The van der Waals surface area contributed by atoms with E-state index in [2.05, 4.69) is 31.2 Å². The van der Waals surface area contributed by atoms with Gasteiger partial charge in [-0.3, -0.25) is 4.79 Å². The molecule has 1 spiro atoms. The van der Waals surface area contributed by atoms with Crippen LogP contribution in [0.4, 0.5) is 0 Å². The minimum absolute atomic E-state index is 0.0391. The Morgan fingerprint density at radius 1 is 1.09 bits per heavy atom. The van der Waals surface area contributed by atoms with Crippen LogP contribution in [0.2, 0.25) is 0 Å². The average Bonchev–Trinajstić information content (AvgIpc) is 2.80. The minimum Gasteiger partial charge on any atom is -0.491 e. The van der Waals surface area contributed by atoms with E-state index in [-0.39, 0.29) is 29.8 Å². The molecule has 0 bridgehead atoms. The van der Waals surface area contributed by atoms with Crippen molar-refractivity contribution in [3.8, 4) is 5.75 Å². The van der Waals surface area contributed by atoms with Gasteiger partial charge in [0.25, 0.3) is 5.91 Å². The van der Waals surface area contributed by atoms with Gasteiger partial charge in [-0.15, -0.1) is 0 Å². The number of rotatable bonds is 6. The Hall–Kier alpha value is -2.37. The van der Waals surface area contributed by atoms with Gasteiger partial charge in [0, 0.05) is 38.1 Å². The summed E-state index contributed by atoms with van der Waals surface area (Å²) in [6.07, 6.45) is 3.79. The van der Waals surface area contributed by atoms with Crippen LogP contribution in [0.5, 0.6) is 5.75 Å². The molecule has 2 aliphatic heterocycles. The molecule has 0 aliphatic carbocycles. The lowest BCUT2D eigenvalue weighted by Gasteiger charge is -2.48. The van der Waals surface area contributed by atoms with Crippen LogP contribution >= 0.6 is 0 Å². The first kappa shape index (κ1) is 22.8. The summed E-state index contributed by atoms with van der Waals surface area (Å²) < 4.78 is 18.5. The maximum atomic E-state index is 13.1. The van der Waals surface area contributed by atoms with E-state index in [0.29, 0.717) is 25.3 Å². The highest BCUT2D eigenvalue weighted by atomic mass is 16.5. The molecule has 1 amide bonds. The van der Waals surface area contributed by atoms with Gasteiger partial charge in [0.2, 0.25) is 0 Å². The summed E-state index contributed by atoms with van der Waals surface area (Å²) >= 11 is 0. The van der Waals surface area contributed by atoms with Crippen LogP contribution < -0.4 is 4.74 Å². The quantitative estimate of drug-likeness (QED) is 0.607. The molecule has 2 atom stereocenters. The van der Waals surface area contributed by atoms with Gasteiger partial charge >= 0.3 is 0 Å². The van der Waals surface area contributed by atoms with Crippen molar-refractivity contribution in [1.29, 1.82) is 0 Å². The molecule has 2 unspecified atom stereocenters. The largest absolute Gasteiger partial charge is 0.491 e. The Morgan fingerprint density at radius 2 is 1.78 bits per heavy atom. The van der Waals surface area contributed by atoms with Crippen molar-refractivity contribution >= 4 is 5.91 Å². The van der Waals surface area contributed by atoms with Gasteiger partial charge in [0.05, 0.1) is 23.9 Å². The fourth-order valence-corrected chi connectivity index (χ4v) is 4.94. The van der Waals surface area contributed by atoms with Crippen LogP contribution in [0.15, 0.2) is 54.6 Å². The zero-order chi connectivity index (χ0) is 22.6. The van der Waals surface area contributed by atoms with Crippen LogP contribution in [0.3, 0.4) is 0 Å². The van der Waals surface area contributed by atoms with Crippen molar-refractivity contribution in [2.45, 2.75) is 70.4 Å². The van der Waals surface area contributed by atoms with E-state index in [4.69, 9.17) is 14.2 Å². The van der Waals surface area contributed by atoms with E-state index in [1.807, 2.05) is 49.1 Å². The fraction of sp³-hybridized carbons (Fsp3) is 0.519. The van der Waals surface area contributed by atoms with Crippen LogP contribution in [0.1, 0.15) is 68.5 Å². The SMILES string of the molecule is CCOC1CC(c2ccccc2)OC2(CCN(C(=O)c3ccc(OC(C)C)cc3)CC2)C1. The second-order valence-electron chi connectivity index (χ2n) is 9.20. The molecule has 0 aromatic heterocycles. The topological polar surface area (TPSA) is 48.0 Å². The van der Waals surface area contributed by atoms with Gasteiger partial charge in [-0.05, 0) is 63.4 Å². The molecule has 2 aromatic carbocycles. The lowest BCUT2D eigenvalue weighted by Crippen LogP contribution is -2.52. The third kappa shape index (κ3) is 5.33. The predicted octanol–water partition coefficient (Wildman–Crippen LogP) is 5.41. The number of carbonyl (C=O) groups excluding carboxylic acids is 1. The number of carbonyl (C=O) groups is 1. The summed E-state index contributed by atoms with van der Waals surface area (Å²) in [5, 5.41) is 0. The van der Waals surface area contributed by atoms with Gasteiger partial charge < -0.3 is 19.1 Å². The summed E-state index contributed by atoms with van der Waals surface area (Å²) in [6, 6.07) is 17.9. The molecule has 172 valence electrons. The van der Waals surface area contributed by atoms with E-state index in [1.165, 1.54) is 5.56 Å². The highest BCUT2D eigenvalue weighted by molar-refractivity contribution is 5.94. The third-order valence-corrected chi connectivity index (χ3v) is 6.48. The summed E-state index contributed by atoms with van der Waals surface area (Å²) in [4.78, 5) is 15.0. The Labute approximate surface area is 191 Å². The smallest absolute Gasteiger partial charge is 0.253 e. The number of amides is 1. The first-order valence-corrected chi connectivity index (χ1v) is 11.9. The number of nitrogens with zero attached hydrogens (tertiary/aromatic N) is 1. The highest BCUT2D eigenvalue weighted by Gasteiger charge is 2.45. The van der Waals surface area contributed by atoms with E-state index in [1.54, 1.807) is 0 Å². The Kier molecular flexibility index (Phi) is 7.17. The molecule has 2 aromatic rings. The molecular weight excluding hydrogens is 402 g/mol. The Bertz CT molecular complexity index is 872. The number of likely N-dealkylation sites (tertiary alicyclic amines) is 1. The Balaban J connectivity index is 1.42. The molecule has 4 rings (SSSR count). The maximum Gasteiger partial charge on any atom is 0.253 e. The predicted molar refractivity (Wildman–Crippen MR) is 125 cm³/mol.